The Morgan fingerprint density at radius 3 is 2.38 bits per heavy atom. The Labute approximate surface area is 82.3 Å². The third-order valence-electron chi connectivity index (χ3n) is 2.07. The molecule has 1 saturated carbocycles. The summed E-state index contributed by atoms with van der Waals surface area (Å²) in [6, 6.07) is 0. The summed E-state index contributed by atoms with van der Waals surface area (Å²) in [5.74, 6) is 0. The first-order valence-corrected chi connectivity index (χ1v) is 5.16. The number of rotatable bonds is 1. The minimum atomic E-state index is 1.15. The van der Waals surface area contributed by atoms with Gasteiger partial charge in [0.25, 0.3) is 0 Å². The summed E-state index contributed by atoms with van der Waals surface area (Å²) in [5, 5.41) is 0. The second-order valence-corrected chi connectivity index (χ2v) is 2.81. The maximum Gasteiger partial charge on any atom is 0.0376 e. The SMILES string of the molecule is C=C/C=C1/CCCCC1=NC.CC. The molecule has 1 aliphatic carbocycles. The van der Waals surface area contributed by atoms with E-state index in [4.69, 9.17) is 0 Å². The molecule has 0 aromatic rings. The second-order valence-electron chi connectivity index (χ2n) is 2.81. The van der Waals surface area contributed by atoms with Gasteiger partial charge in [-0.2, -0.15) is 0 Å². The fourth-order valence-electron chi connectivity index (χ4n) is 1.49. The van der Waals surface area contributed by atoms with Crippen molar-refractivity contribution in [1.29, 1.82) is 0 Å². The Bertz CT molecular complexity index is 199. The van der Waals surface area contributed by atoms with Crippen LogP contribution in [0.25, 0.3) is 0 Å². The molecule has 1 nitrogen and oxygen atoms in total. The molecule has 0 aliphatic heterocycles. The molecule has 74 valence electrons. The van der Waals surface area contributed by atoms with Crippen LogP contribution in [-0.4, -0.2) is 12.8 Å². The lowest BCUT2D eigenvalue weighted by molar-refractivity contribution is 0.732. The molecule has 0 heterocycles. The third kappa shape index (κ3) is 4.07. The smallest absolute Gasteiger partial charge is 0.0376 e. The Kier molecular flexibility index (Phi) is 7.27. The van der Waals surface area contributed by atoms with Gasteiger partial charge in [0, 0.05) is 12.8 Å². The fraction of sp³-hybridized carbons (Fsp3) is 0.583. The van der Waals surface area contributed by atoms with Crippen molar-refractivity contribution in [3.05, 3.63) is 24.3 Å². The van der Waals surface area contributed by atoms with E-state index in [0.29, 0.717) is 0 Å². The first-order valence-electron chi connectivity index (χ1n) is 5.16. The van der Waals surface area contributed by atoms with Gasteiger partial charge in [0.15, 0.2) is 0 Å². The molecule has 0 unspecified atom stereocenters. The van der Waals surface area contributed by atoms with E-state index >= 15 is 0 Å². The van der Waals surface area contributed by atoms with E-state index < -0.39 is 0 Å². The molecule has 0 atom stereocenters. The van der Waals surface area contributed by atoms with Gasteiger partial charge in [0.05, 0.1) is 0 Å². The average Bonchev–Trinajstić information content (AvgIpc) is 2.22. The van der Waals surface area contributed by atoms with E-state index in [1.807, 2.05) is 27.0 Å². The molecular formula is C12H21N. The van der Waals surface area contributed by atoms with Crippen molar-refractivity contribution in [3.63, 3.8) is 0 Å². The Hall–Kier alpha value is -0.850. The Balaban J connectivity index is 0.000000671. The normalized spacial score (nSPS) is 22.4. The molecular weight excluding hydrogens is 158 g/mol. The third-order valence-corrected chi connectivity index (χ3v) is 2.07. The lowest BCUT2D eigenvalue weighted by Gasteiger charge is -2.15. The van der Waals surface area contributed by atoms with Gasteiger partial charge in [0.1, 0.15) is 0 Å². The molecule has 0 radical (unpaired) electrons. The van der Waals surface area contributed by atoms with Gasteiger partial charge in [-0.05, 0) is 31.3 Å². The summed E-state index contributed by atoms with van der Waals surface area (Å²) >= 11 is 0. The molecule has 0 N–H and O–H groups in total. The zero-order chi connectivity index (χ0) is 10.1. The van der Waals surface area contributed by atoms with Gasteiger partial charge in [-0.1, -0.05) is 32.6 Å². The minimum Gasteiger partial charge on any atom is -0.293 e. The predicted octanol–water partition coefficient (Wildman–Crippen LogP) is 3.77. The molecule has 0 aromatic heterocycles. The zero-order valence-corrected chi connectivity index (χ0v) is 9.14. The Morgan fingerprint density at radius 1 is 1.23 bits per heavy atom. The van der Waals surface area contributed by atoms with Gasteiger partial charge < -0.3 is 0 Å². The highest BCUT2D eigenvalue weighted by Gasteiger charge is 2.10. The molecule has 0 saturated heterocycles. The van der Waals surface area contributed by atoms with Gasteiger partial charge in [0.2, 0.25) is 0 Å². The van der Waals surface area contributed by atoms with Gasteiger partial charge in [-0.3, -0.25) is 4.99 Å². The summed E-state index contributed by atoms with van der Waals surface area (Å²) in [6.45, 7) is 7.69. The maximum atomic E-state index is 4.25. The van der Waals surface area contributed by atoms with Crippen molar-refractivity contribution < 1.29 is 0 Å². The Morgan fingerprint density at radius 2 is 1.85 bits per heavy atom. The standard InChI is InChI=1S/C10H15N.C2H6/c1-3-6-9-7-4-5-8-10(9)11-2;1-2/h3,6H,1,4-5,7-8H2,2H3;1-2H3/b9-6-,11-10?;. The molecule has 1 heteroatoms. The fourth-order valence-corrected chi connectivity index (χ4v) is 1.49. The van der Waals surface area contributed by atoms with Gasteiger partial charge >= 0.3 is 0 Å². The molecule has 1 rings (SSSR count). The van der Waals surface area contributed by atoms with Crippen molar-refractivity contribution in [2.45, 2.75) is 39.5 Å². The van der Waals surface area contributed by atoms with Gasteiger partial charge in [-0.25, -0.2) is 0 Å². The number of allylic oxidation sites excluding steroid dienone is 3. The highest BCUT2D eigenvalue weighted by molar-refractivity contribution is 6.00. The van der Waals surface area contributed by atoms with Crippen LogP contribution < -0.4 is 0 Å². The molecule has 13 heavy (non-hydrogen) atoms. The van der Waals surface area contributed by atoms with E-state index in [1.165, 1.54) is 30.5 Å². The van der Waals surface area contributed by atoms with Crippen LogP contribution in [0.15, 0.2) is 29.3 Å². The van der Waals surface area contributed by atoms with E-state index in [2.05, 4.69) is 17.6 Å². The van der Waals surface area contributed by atoms with Crippen molar-refractivity contribution in [2.75, 3.05) is 7.05 Å². The lowest BCUT2D eigenvalue weighted by Crippen LogP contribution is -2.08. The topological polar surface area (TPSA) is 12.4 Å². The summed E-state index contributed by atoms with van der Waals surface area (Å²) in [6.07, 6.45) is 8.86. The maximum absolute atomic E-state index is 4.25. The van der Waals surface area contributed by atoms with Gasteiger partial charge in [-0.15, -0.1) is 0 Å². The first-order chi connectivity index (χ1) is 6.38. The van der Waals surface area contributed by atoms with E-state index in [0.717, 1.165) is 6.42 Å². The van der Waals surface area contributed by atoms with Crippen molar-refractivity contribution >= 4 is 5.71 Å². The van der Waals surface area contributed by atoms with Crippen molar-refractivity contribution in [3.8, 4) is 0 Å². The number of hydrogen-bond acceptors (Lipinski definition) is 1. The monoisotopic (exact) mass is 179 g/mol. The quantitative estimate of drug-likeness (QED) is 0.581. The second kappa shape index (κ2) is 7.78. The highest BCUT2D eigenvalue weighted by Crippen LogP contribution is 2.20. The minimum absolute atomic E-state index is 1.15. The van der Waals surface area contributed by atoms with Crippen LogP contribution in [0, 0.1) is 0 Å². The van der Waals surface area contributed by atoms with E-state index in [9.17, 15) is 0 Å². The van der Waals surface area contributed by atoms with Crippen LogP contribution in [0.1, 0.15) is 39.5 Å². The van der Waals surface area contributed by atoms with E-state index in [1.54, 1.807) is 0 Å². The van der Waals surface area contributed by atoms with Crippen molar-refractivity contribution in [2.24, 2.45) is 4.99 Å². The van der Waals surface area contributed by atoms with Crippen LogP contribution in [0.3, 0.4) is 0 Å². The van der Waals surface area contributed by atoms with E-state index in [-0.39, 0.29) is 0 Å². The van der Waals surface area contributed by atoms with Crippen LogP contribution >= 0.6 is 0 Å². The molecule has 0 amide bonds. The number of aliphatic imine (C=N–C) groups is 1. The first kappa shape index (κ1) is 12.2. The van der Waals surface area contributed by atoms with Crippen molar-refractivity contribution in [1.82, 2.24) is 0 Å². The number of hydrogen-bond donors (Lipinski definition) is 0. The summed E-state index contributed by atoms with van der Waals surface area (Å²) in [7, 11) is 1.87. The molecule has 0 spiro atoms. The lowest BCUT2D eigenvalue weighted by atomic mass is 9.92. The van der Waals surface area contributed by atoms with Crippen LogP contribution in [0.2, 0.25) is 0 Å². The zero-order valence-electron chi connectivity index (χ0n) is 9.14. The molecule has 0 aromatic carbocycles. The summed E-state index contributed by atoms with van der Waals surface area (Å²) in [4.78, 5) is 4.25. The predicted molar refractivity (Wildman–Crippen MR) is 61.5 cm³/mol. The molecule has 0 bridgehead atoms. The largest absolute Gasteiger partial charge is 0.293 e. The number of nitrogens with zero attached hydrogens (tertiary/aromatic N) is 1. The molecule has 1 aliphatic rings. The van der Waals surface area contributed by atoms with Crippen LogP contribution in [-0.2, 0) is 0 Å². The summed E-state index contributed by atoms with van der Waals surface area (Å²) < 4.78 is 0. The van der Waals surface area contributed by atoms with Crippen LogP contribution in [0.5, 0.6) is 0 Å². The average molecular weight is 179 g/mol. The highest BCUT2D eigenvalue weighted by atomic mass is 14.7. The van der Waals surface area contributed by atoms with Crippen LogP contribution in [0.4, 0.5) is 0 Å². The molecule has 1 fully saturated rings. The summed E-state index contributed by atoms with van der Waals surface area (Å²) in [5.41, 5.74) is 2.66.